The predicted octanol–water partition coefficient (Wildman–Crippen LogP) is 2.86. The van der Waals surface area contributed by atoms with Gasteiger partial charge >= 0.3 is 5.97 Å². The van der Waals surface area contributed by atoms with Crippen molar-refractivity contribution in [2.75, 3.05) is 40.8 Å². The highest BCUT2D eigenvalue weighted by molar-refractivity contribution is 5.78. The van der Waals surface area contributed by atoms with E-state index in [1.165, 1.54) is 26.2 Å². The first kappa shape index (κ1) is 59.4. The second-order valence-electron chi connectivity index (χ2n) is 20.3. The summed E-state index contributed by atoms with van der Waals surface area (Å²) in [6.45, 7) is 18.1. The number of ether oxygens (including phenoxy) is 6. The maximum atomic E-state index is 14.5. The number of esters is 1. The van der Waals surface area contributed by atoms with Gasteiger partial charge < -0.3 is 69.3 Å². The van der Waals surface area contributed by atoms with Crippen LogP contribution in [0.25, 0.3) is 0 Å². The average molecular weight is 974 g/mol. The number of methoxy groups -OCH3 is 1. The van der Waals surface area contributed by atoms with Gasteiger partial charge in [-0.2, -0.15) is 0 Å². The SMILES string of the molecule is CC[C@H]1OC(=O)[C@H](C)[C@@H](O[C@H]2C[C@@](C)(OC)[C@@H](O)[C@H](C)O2)[C@H](C)[C@@H](O[C@@H]2O[C@H](C)C[C@H](N(C)C)[C@H]2O)[C@](C)(O)C[C@@H](C)CN(CCCNC(=O)Cc2ccc(F)cc2)[C@H](C)[C@@H](O)[C@]1(C)O.O=CO. The molecule has 3 saturated heterocycles. The number of benzene rings is 1. The second-order valence-corrected chi connectivity index (χ2v) is 20.3. The monoisotopic (exact) mass is 974 g/mol. The highest BCUT2D eigenvalue weighted by Crippen LogP contribution is 2.40. The first-order valence-corrected chi connectivity index (χ1v) is 24.0. The highest BCUT2D eigenvalue weighted by Gasteiger charge is 2.53. The zero-order valence-electron chi connectivity index (χ0n) is 42.5. The Labute approximate surface area is 402 Å². The van der Waals surface area contributed by atoms with Gasteiger partial charge in [-0.3, -0.25) is 19.3 Å². The van der Waals surface area contributed by atoms with Gasteiger partial charge in [0.15, 0.2) is 12.6 Å². The first-order valence-electron chi connectivity index (χ1n) is 24.0. The van der Waals surface area contributed by atoms with Crippen molar-refractivity contribution in [2.24, 2.45) is 17.8 Å². The fourth-order valence-electron chi connectivity index (χ4n) is 10.3. The topological polar surface area (TPSA) is 246 Å². The van der Waals surface area contributed by atoms with Crippen molar-refractivity contribution in [3.8, 4) is 0 Å². The summed E-state index contributed by atoms with van der Waals surface area (Å²) in [5.41, 5.74) is -3.99. The fraction of sp³-hybridized carbons (Fsp3) is 0.816. The number of nitrogens with one attached hydrogen (secondary N) is 1. The molecule has 1 amide bonds. The van der Waals surface area contributed by atoms with Crippen molar-refractivity contribution in [1.82, 2.24) is 15.1 Å². The molecule has 3 aliphatic rings. The zero-order chi connectivity index (χ0) is 51.5. The Balaban J connectivity index is 0.00000397. The Bertz CT molecular complexity index is 1710. The number of carboxylic acid groups (broad SMARTS) is 1. The van der Waals surface area contributed by atoms with Crippen LogP contribution in [0.15, 0.2) is 24.3 Å². The number of halogens is 1. The van der Waals surface area contributed by atoms with E-state index < -0.39 is 96.0 Å². The van der Waals surface area contributed by atoms with Gasteiger partial charge in [0.25, 0.3) is 6.47 Å². The zero-order valence-corrected chi connectivity index (χ0v) is 42.5. The molecule has 3 aliphatic heterocycles. The van der Waals surface area contributed by atoms with Crippen molar-refractivity contribution >= 4 is 18.3 Å². The number of carbonyl (C=O) groups is 3. The standard InChI is InChI=1S/C48H82FN3O13.CH2O2/c1-14-36-48(10,59)41(55)31(6)52(21-15-20-50-37(53)23-33-16-18-34(49)19-17-33)26-27(2)24-46(8,58)43(65-45-39(54)35(51(11)12)22-28(3)61-45)29(4)40(30(5)44(57)63-36)64-38-25-47(9,60-13)42(56)32(7)62-38;2-1-3/h16-19,27-32,35-36,38-43,45,54-56,58-59H,14-15,20-26H2,1-13H3,(H,50,53);1H,(H,2,3)/t27-,28-,29+,30-,31-,32+,35+,36-,38+,39-,40+,41-,42+,43-,45+,46-,47-,48-;/m1./s1. The first-order chi connectivity index (χ1) is 31.7. The minimum atomic E-state index is -1.93. The van der Waals surface area contributed by atoms with Crippen LogP contribution in [-0.4, -0.2) is 190 Å². The van der Waals surface area contributed by atoms with E-state index in [9.17, 15) is 39.5 Å². The Morgan fingerprint density at radius 1 is 0.985 bits per heavy atom. The normalized spacial score (nSPS) is 40.2. The van der Waals surface area contributed by atoms with Gasteiger partial charge in [-0.25, -0.2) is 4.39 Å². The van der Waals surface area contributed by atoms with Crippen LogP contribution in [0.5, 0.6) is 0 Å². The van der Waals surface area contributed by atoms with E-state index in [1.54, 1.807) is 60.6 Å². The third kappa shape index (κ3) is 15.5. The highest BCUT2D eigenvalue weighted by atomic mass is 19.1. The summed E-state index contributed by atoms with van der Waals surface area (Å²) in [7, 11) is 5.23. The van der Waals surface area contributed by atoms with Crippen molar-refractivity contribution in [2.45, 2.75) is 198 Å². The molecule has 4 rings (SSSR count). The van der Waals surface area contributed by atoms with Crippen LogP contribution in [0.3, 0.4) is 0 Å². The number of aliphatic hydroxyl groups is 5. The van der Waals surface area contributed by atoms with E-state index in [1.807, 2.05) is 37.7 Å². The number of aliphatic hydroxyl groups excluding tert-OH is 3. The molecule has 392 valence electrons. The van der Waals surface area contributed by atoms with Crippen molar-refractivity contribution in [3.05, 3.63) is 35.6 Å². The third-order valence-corrected chi connectivity index (χ3v) is 14.3. The summed E-state index contributed by atoms with van der Waals surface area (Å²) in [5, 5.41) is 69.5. The molecule has 0 bridgehead atoms. The van der Waals surface area contributed by atoms with Gasteiger partial charge in [-0.15, -0.1) is 0 Å². The van der Waals surface area contributed by atoms with Gasteiger partial charge in [-0.05, 0) is 112 Å². The van der Waals surface area contributed by atoms with Crippen molar-refractivity contribution in [3.63, 3.8) is 0 Å². The molecule has 0 aromatic heterocycles. The van der Waals surface area contributed by atoms with Crippen molar-refractivity contribution in [1.29, 1.82) is 0 Å². The smallest absolute Gasteiger partial charge is 0.311 e. The summed E-state index contributed by atoms with van der Waals surface area (Å²) in [5.74, 6) is -3.54. The number of carbonyl (C=O) groups excluding carboxylic acids is 2. The molecule has 1 aromatic carbocycles. The third-order valence-electron chi connectivity index (χ3n) is 14.3. The molecule has 18 nitrogen and oxygen atoms in total. The molecular weight excluding hydrogens is 890 g/mol. The molecule has 68 heavy (non-hydrogen) atoms. The number of rotatable bonds is 13. The maximum absolute atomic E-state index is 14.5. The molecule has 19 heteroatoms. The number of cyclic esters (lactones) is 1. The van der Waals surface area contributed by atoms with E-state index in [0.29, 0.717) is 38.0 Å². The molecule has 0 radical (unpaired) electrons. The van der Waals surface area contributed by atoms with Gasteiger partial charge in [0.1, 0.15) is 35.8 Å². The maximum Gasteiger partial charge on any atom is 0.311 e. The Hall–Kier alpha value is -2.92. The van der Waals surface area contributed by atoms with E-state index in [-0.39, 0.29) is 61.9 Å². The number of amides is 1. The molecule has 0 saturated carbocycles. The summed E-state index contributed by atoms with van der Waals surface area (Å²) in [6, 6.07) is 4.72. The Morgan fingerprint density at radius 3 is 2.18 bits per heavy atom. The minimum Gasteiger partial charge on any atom is -0.483 e. The van der Waals surface area contributed by atoms with Crippen LogP contribution >= 0.6 is 0 Å². The average Bonchev–Trinajstić information content (AvgIpc) is 3.26. The quantitative estimate of drug-likeness (QED) is 0.0854. The van der Waals surface area contributed by atoms with E-state index in [0.717, 1.165) is 0 Å². The fourth-order valence-corrected chi connectivity index (χ4v) is 10.3. The Kier molecular flexibility index (Phi) is 22.7. The minimum absolute atomic E-state index is 0.0809. The lowest BCUT2D eigenvalue weighted by Crippen LogP contribution is -2.60. The summed E-state index contributed by atoms with van der Waals surface area (Å²) >= 11 is 0. The molecule has 0 spiro atoms. The summed E-state index contributed by atoms with van der Waals surface area (Å²) in [4.78, 5) is 39.6. The largest absolute Gasteiger partial charge is 0.483 e. The molecule has 0 aliphatic carbocycles. The lowest BCUT2D eigenvalue weighted by atomic mass is 9.77. The van der Waals surface area contributed by atoms with E-state index >= 15 is 0 Å². The lowest BCUT2D eigenvalue weighted by Gasteiger charge is -2.48. The van der Waals surface area contributed by atoms with Gasteiger partial charge in [0.05, 0.1) is 48.0 Å². The summed E-state index contributed by atoms with van der Waals surface area (Å²) in [6.07, 6.45) is -8.61. The van der Waals surface area contributed by atoms with Crippen molar-refractivity contribution < 1.29 is 77.8 Å². The van der Waals surface area contributed by atoms with E-state index in [2.05, 4.69) is 5.32 Å². The number of nitrogens with zero attached hydrogens (tertiary/aromatic N) is 2. The number of hydrogen-bond acceptors (Lipinski definition) is 16. The molecule has 3 heterocycles. The second kappa shape index (κ2) is 26.0. The lowest BCUT2D eigenvalue weighted by molar-refractivity contribution is -0.318. The van der Waals surface area contributed by atoms with Crippen LogP contribution in [0, 0.1) is 23.6 Å². The molecule has 1 aromatic rings. The molecule has 3 fully saturated rings. The van der Waals surface area contributed by atoms with Gasteiger partial charge in [-0.1, -0.05) is 32.9 Å². The number of hydrogen-bond donors (Lipinski definition) is 7. The van der Waals surface area contributed by atoms with Crippen LogP contribution in [0.1, 0.15) is 107 Å². The molecule has 7 N–H and O–H groups in total. The van der Waals surface area contributed by atoms with Crippen LogP contribution in [0.2, 0.25) is 0 Å². The molecule has 0 unspecified atom stereocenters. The Morgan fingerprint density at radius 2 is 1.60 bits per heavy atom. The predicted molar refractivity (Wildman–Crippen MR) is 250 cm³/mol. The van der Waals surface area contributed by atoms with Crippen LogP contribution < -0.4 is 5.32 Å². The molecule has 18 atom stereocenters. The van der Waals surface area contributed by atoms with Gasteiger partial charge in [0, 0.05) is 51.2 Å². The number of likely N-dealkylation sites (N-methyl/N-ethyl adjacent to an activating group) is 1. The van der Waals surface area contributed by atoms with Crippen LogP contribution in [-0.2, 0) is 49.2 Å². The summed E-state index contributed by atoms with van der Waals surface area (Å²) < 4.78 is 51.4. The van der Waals surface area contributed by atoms with Crippen LogP contribution in [0.4, 0.5) is 4.39 Å². The molecular formula is C49H84FN3O15. The van der Waals surface area contributed by atoms with E-state index in [4.69, 9.17) is 38.3 Å². The van der Waals surface area contributed by atoms with Gasteiger partial charge in [0.2, 0.25) is 5.91 Å².